The molecule has 0 N–H and O–H groups in total. The molecule has 13 heteroatoms. The topological polar surface area (TPSA) is 85.3 Å². The molecular formula is C9H8F6O5S2. The first-order valence-corrected chi connectivity index (χ1v) is 8.50. The van der Waals surface area contributed by atoms with Gasteiger partial charge in [-0.3, -0.25) is 4.79 Å². The zero-order valence-corrected chi connectivity index (χ0v) is 12.1. The minimum absolute atomic E-state index is 1.45. The van der Waals surface area contributed by atoms with E-state index in [0.717, 1.165) is 0 Å². The summed E-state index contributed by atoms with van der Waals surface area (Å²) in [6.07, 6.45) is -8.56. The Morgan fingerprint density at radius 2 is 0.909 bits per heavy atom. The summed E-state index contributed by atoms with van der Waals surface area (Å²) in [5.41, 5.74) is 0. The van der Waals surface area contributed by atoms with Crippen molar-refractivity contribution in [3.63, 3.8) is 0 Å². The third-order valence-electron chi connectivity index (χ3n) is 2.10. The lowest BCUT2D eigenvalue weighted by Crippen LogP contribution is -2.27. The summed E-state index contributed by atoms with van der Waals surface area (Å²) in [5.74, 6) is -7.43. The average molecular weight is 374 g/mol. The summed E-state index contributed by atoms with van der Waals surface area (Å²) in [5, 5.41) is 0. The van der Waals surface area contributed by atoms with Crippen LogP contribution >= 0.6 is 0 Å². The standard InChI is InChI=1S/C9H8F6O5S2/c10-5(7(12)13)1-3-21(17,18)9(16)22(19,20)4-2-6(11)8(14)15/h1-4H2. The molecule has 0 aliphatic carbocycles. The summed E-state index contributed by atoms with van der Waals surface area (Å²) >= 11 is 0. The summed E-state index contributed by atoms with van der Waals surface area (Å²) in [6, 6.07) is 0. The molecule has 22 heavy (non-hydrogen) atoms. The number of halogens is 6. The monoisotopic (exact) mass is 374 g/mol. The van der Waals surface area contributed by atoms with Gasteiger partial charge < -0.3 is 0 Å². The van der Waals surface area contributed by atoms with Gasteiger partial charge in [0.2, 0.25) is 19.7 Å². The van der Waals surface area contributed by atoms with E-state index in [1.807, 2.05) is 0 Å². The second kappa shape index (κ2) is 7.76. The molecule has 0 aliphatic heterocycles. The molecule has 5 nitrogen and oxygen atoms in total. The number of carbonyl (C=O) groups excluding carboxylic acids is 1. The number of carbonyl (C=O) groups is 1. The van der Waals surface area contributed by atoms with Crippen LogP contribution in [-0.2, 0) is 19.7 Å². The van der Waals surface area contributed by atoms with Gasteiger partial charge in [0, 0.05) is 12.8 Å². The fourth-order valence-corrected chi connectivity index (χ4v) is 4.27. The molecule has 0 atom stereocenters. The van der Waals surface area contributed by atoms with Crippen LogP contribution in [0.5, 0.6) is 0 Å². The first-order valence-electron chi connectivity index (χ1n) is 5.20. The Kier molecular flexibility index (Phi) is 7.28. The Morgan fingerprint density at radius 3 is 1.14 bits per heavy atom. The maximum absolute atomic E-state index is 12.4. The Morgan fingerprint density at radius 1 is 0.636 bits per heavy atom. The molecule has 0 saturated carbocycles. The van der Waals surface area contributed by atoms with Crippen molar-refractivity contribution in [1.29, 1.82) is 0 Å². The van der Waals surface area contributed by atoms with Crippen LogP contribution in [0.3, 0.4) is 0 Å². The van der Waals surface area contributed by atoms with Crippen molar-refractivity contribution in [2.24, 2.45) is 0 Å². The molecule has 0 aromatic rings. The van der Waals surface area contributed by atoms with Gasteiger partial charge in [-0.2, -0.15) is 17.6 Å². The van der Waals surface area contributed by atoms with Crippen molar-refractivity contribution in [1.82, 2.24) is 0 Å². The molecule has 0 spiro atoms. The van der Waals surface area contributed by atoms with Gasteiger partial charge in [0.05, 0.1) is 11.5 Å². The lowest BCUT2D eigenvalue weighted by atomic mass is 10.4. The van der Waals surface area contributed by atoms with Gasteiger partial charge in [-0.25, -0.2) is 25.6 Å². The summed E-state index contributed by atoms with van der Waals surface area (Å²) in [7, 11) is -10.4. The molecule has 0 fully saturated rings. The Hall–Kier alpha value is -1.37. The molecule has 0 heterocycles. The summed E-state index contributed by atoms with van der Waals surface area (Å²) < 4.78 is 114. The molecule has 128 valence electrons. The van der Waals surface area contributed by atoms with Crippen LogP contribution in [0, 0.1) is 0 Å². The van der Waals surface area contributed by atoms with E-state index in [9.17, 15) is 48.0 Å². The Balaban J connectivity index is 5.07. The maximum Gasteiger partial charge on any atom is 0.359 e. The molecule has 0 amide bonds. The zero-order valence-electron chi connectivity index (χ0n) is 10.5. The smallest absolute Gasteiger partial charge is 0.263 e. The van der Waals surface area contributed by atoms with E-state index >= 15 is 0 Å². The van der Waals surface area contributed by atoms with Gasteiger partial charge in [-0.05, 0) is 0 Å². The molecule has 0 aliphatic rings. The largest absolute Gasteiger partial charge is 0.359 e. The van der Waals surface area contributed by atoms with Crippen LogP contribution in [0.2, 0.25) is 0 Å². The fraction of sp³-hybridized carbons (Fsp3) is 0.444. The van der Waals surface area contributed by atoms with Crippen molar-refractivity contribution in [2.45, 2.75) is 12.8 Å². The van der Waals surface area contributed by atoms with E-state index in [1.165, 1.54) is 0 Å². The Bertz CT molecular complexity index is 639. The van der Waals surface area contributed by atoms with Crippen LogP contribution < -0.4 is 0 Å². The van der Waals surface area contributed by atoms with E-state index in [-0.39, 0.29) is 0 Å². The molecule has 0 rings (SSSR count). The van der Waals surface area contributed by atoms with Gasteiger partial charge in [0.25, 0.3) is 0 Å². The second-order valence-corrected chi connectivity index (χ2v) is 7.99. The van der Waals surface area contributed by atoms with E-state index in [2.05, 4.69) is 0 Å². The first-order chi connectivity index (χ1) is 9.81. The van der Waals surface area contributed by atoms with Gasteiger partial charge in [-0.15, -0.1) is 0 Å². The predicted molar refractivity (Wildman–Crippen MR) is 62.9 cm³/mol. The van der Waals surface area contributed by atoms with Crippen LogP contribution in [0.25, 0.3) is 0 Å². The van der Waals surface area contributed by atoms with E-state index in [4.69, 9.17) is 0 Å². The Labute approximate surface area is 121 Å². The number of rotatable bonds is 6. The number of hydrogen-bond acceptors (Lipinski definition) is 5. The van der Waals surface area contributed by atoms with Crippen molar-refractivity contribution in [3.8, 4) is 0 Å². The van der Waals surface area contributed by atoms with Crippen LogP contribution in [0.4, 0.5) is 31.1 Å². The number of sulfone groups is 2. The van der Waals surface area contributed by atoms with Crippen LogP contribution in [0.15, 0.2) is 23.8 Å². The minimum atomic E-state index is -5.18. The van der Waals surface area contributed by atoms with Gasteiger partial charge in [-0.1, -0.05) is 0 Å². The lowest BCUT2D eigenvalue weighted by Gasteiger charge is -2.03. The van der Waals surface area contributed by atoms with Crippen LogP contribution in [-0.4, -0.2) is 32.8 Å². The molecule has 0 aromatic carbocycles. The quantitative estimate of drug-likeness (QED) is 0.668. The molecule has 0 saturated heterocycles. The van der Waals surface area contributed by atoms with Gasteiger partial charge in [0.1, 0.15) is 0 Å². The number of hydrogen-bond donors (Lipinski definition) is 0. The third-order valence-corrected chi connectivity index (χ3v) is 6.12. The van der Waals surface area contributed by atoms with Gasteiger partial charge in [0.15, 0.2) is 11.7 Å². The molecular weight excluding hydrogens is 366 g/mol. The van der Waals surface area contributed by atoms with Crippen LogP contribution in [0.1, 0.15) is 12.8 Å². The highest BCUT2D eigenvalue weighted by Gasteiger charge is 2.35. The predicted octanol–water partition coefficient (Wildman–Crippen LogP) is 2.87. The number of allylic oxidation sites excluding steroid dienone is 2. The van der Waals surface area contributed by atoms with Crippen molar-refractivity contribution < 1.29 is 48.0 Å². The van der Waals surface area contributed by atoms with E-state index in [1.54, 1.807) is 0 Å². The SMILES string of the molecule is O=C(S(=O)(=O)CCC(F)=C(F)F)S(=O)(=O)CCC(F)=C(F)F. The van der Waals surface area contributed by atoms with E-state index < -0.39 is 72.3 Å². The van der Waals surface area contributed by atoms with Gasteiger partial charge >= 0.3 is 16.6 Å². The van der Waals surface area contributed by atoms with Crippen molar-refractivity contribution in [3.05, 3.63) is 23.8 Å². The maximum atomic E-state index is 12.4. The normalized spacial score (nSPS) is 11.9. The second-order valence-electron chi connectivity index (χ2n) is 3.72. The zero-order chi connectivity index (χ0) is 17.7. The van der Waals surface area contributed by atoms with Crippen molar-refractivity contribution >= 4 is 24.1 Å². The highest BCUT2D eigenvalue weighted by atomic mass is 32.3. The lowest BCUT2D eigenvalue weighted by molar-refractivity contribution is 0.272. The minimum Gasteiger partial charge on any atom is -0.263 e. The third kappa shape index (κ3) is 6.17. The summed E-state index contributed by atoms with van der Waals surface area (Å²) in [6.45, 7) is 0. The molecule has 0 radical (unpaired) electrons. The molecule has 0 bridgehead atoms. The van der Waals surface area contributed by atoms with E-state index in [0.29, 0.717) is 0 Å². The highest BCUT2D eigenvalue weighted by Crippen LogP contribution is 2.18. The molecule has 0 unspecified atom stereocenters. The first kappa shape index (κ1) is 20.6. The summed E-state index contributed by atoms with van der Waals surface area (Å²) in [4.78, 5) is 11.2. The highest BCUT2D eigenvalue weighted by molar-refractivity contribution is 8.31. The molecule has 0 aromatic heterocycles. The van der Waals surface area contributed by atoms with Crippen molar-refractivity contribution in [2.75, 3.05) is 11.5 Å². The fourth-order valence-electron chi connectivity index (χ4n) is 0.997. The average Bonchev–Trinajstić information content (AvgIpc) is 2.40.